The van der Waals surface area contributed by atoms with E-state index in [1.54, 1.807) is 6.07 Å². The molecule has 1 aliphatic rings. The van der Waals surface area contributed by atoms with Gasteiger partial charge in [0.2, 0.25) is 0 Å². The van der Waals surface area contributed by atoms with Crippen LogP contribution >= 0.6 is 0 Å². The lowest BCUT2D eigenvalue weighted by Gasteiger charge is -2.32. The molecule has 4 heteroatoms. The largest absolute Gasteiger partial charge is 0.391 e. The summed E-state index contributed by atoms with van der Waals surface area (Å²) < 4.78 is 14.0. The quantitative estimate of drug-likeness (QED) is 0.859. The van der Waals surface area contributed by atoms with Crippen LogP contribution in [0.5, 0.6) is 0 Å². The first-order valence-electron chi connectivity index (χ1n) is 6.63. The van der Waals surface area contributed by atoms with Gasteiger partial charge in [-0.1, -0.05) is 13.0 Å². The van der Waals surface area contributed by atoms with Gasteiger partial charge in [-0.15, -0.1) is 0 Å². The van der Waals surface area contributed by atoms with Crippen molar-refractivity contribution >= 4 is 5.69 Å². The van der Waals surface area contributed by atoms with Crippen molar-refractivity contribution in [3.8, 4) is 0 Å². The van der Waals surface area contributed by atoms with Crippen LogP contribution in [0.2, 0.25) is 0 Å². The van der Waals surface area contributed by atoms with E-state index in [2.05, 4.69) is 5.32 Å². The molecule has 1 atom stereocenters. The Kier molecular flexibility index (Phi) is 4.55. The van der Waals surface area contributed by atoms with Crippen molar-refractivity contribution in [3.05, 3.63) is 29.6 Å². The van der Waals surface area contributed by atoms with Gasteiger partial charge in [0.1, 0.15) is 5.82 Å². The van der Waals surface area contributed by atoms with Gasteiger partial charge in [0.25, 0.3) is 0 Å². The number of nitrogens with one attached hydrogen (secondary N) is 1. The molecule has 0 radical (unpaired) electrons. The lowest BCUT2D eigenvalue weighted by atomic mass is 10.1. The van der Waals surface area contributed by atoms with Crippen molar-refractivity contribution < 1.29 is 9.50 Å². The van der Waals surface area contributed by atoms with Crippen molar-refractivity contribution in [3.63, 3.8) is 0 Å². The van der Waals surface area contributed by atoms with Gasteiger partial charge in [0, 0.05) is 19.6 Å². The van der Waals surface area contributed by atoms with E-state index in [1.165, 1.54) is 0 Å². The summed E-state index contributed by atoms with van der Waals surface area (Å²) in [5.74, 6) is -0.195. The molecule has 100 valence electrons. The standard InChI is InChI=1S/C14H21FN2O/c1-2-16-9-11-5-6-14(13(15)8-11)17-7-3-4-12(18)10-17/h5-6,8,12,16,18H,2-4,7,9-10H2,1H3. The number of β-amino-alcohol motifs (C(OH)–C–C–N with tert-alkyl or cyclic N) is 1. The summed E-state index contributed by atoms with van der Waals surface area (Å²) >= 11 is 0. The molecule has 0 amide bonds. The van der Waals surface area contributed by atoms with E-state index in [-0.39, 0.29) is 11.9 Å². The number of halogens is 1. The molecule has 2 N–H and O–H groups in total. The summed E-state index contributed by atoms with van der Waals surface area (Å²) in [5, 5.41) is 12.8. The number of piperidine rings is 1. The molecule has 2 rings (SSSR count). The van der Waals surface area contributed by atoms with E-state index in [0.29, 0.717) is 18.8 Å². The fraction of sp³-hybridized carbons (Fsp3) is 0.571. The number of rotatable bonds is 4. The van der Waals surface area contributed by atoms with Crippen LogP contribution in [0.3, 0.4) is 0 Å². The molecule has 0 aromatic heterocycles. The van der Waals surface area contributed by atoms with Gasteiger partial charge in [-0.3, -0.25) is 0 Å². The summed E-state index contributed by atoms with van der Waals surface area (Å²) in [4.78, 5) is 1.93. The highest BCUT2D eigenvalue weighted by Crippen LogP contribution is 2.24. The normalized spacial score (nSPS) is 20.2. The Morgan fingerprint density at radius 3 is 3.00 bits per heavy atom. The number of anilines is 1. The van der Waals surface area contributed by atoms with E-state index < -0.39 is 0 Å². The molecule has 1 aromatic rings. The first kappa shape index (κ1) is 13.3. The zero-order valence-corrected chi connectivity index (χ0v) is 10.8. The molecule has 1 aliphatic heterocycles. The second-order valence-electron chi connectivity index (χ2n) is 4.81. The average molecular weight is 252 g/mol. The maximum atomic E-state index is 14.0. The number of aliphatic hydroxyl groups is 1. The van der Waals surface area contributed by atoms with E-state index in [4.69, 9.17) is 0 Å². The highest BCUT2D eigenvalue weighted by molar-refractivity contribution is 5.49. The summed E-state index contributed by atoms with van der Waals surface area (Å²) in [6.45, 7) is 4.95. The Balaban J connectivity index is 2.08. The van der Waals surface area contributed by atoms with E-state index in [9.17, 15) is 9.50 Å². The zero-order chi connectivity index (χ0) is 13.0. The van der Waals surface area contributed by atoms with Crippen LogP contribution in [0.1, 0.15) is 25.3 Å². The number of hydrogen-bond acceptors (Lipinski definition) is 3. The minimum Gasteiger partial charge on any atom is -0.391 e. The highest BCUT2D eigenvalue weighted by Gasteiger charge is 2.20. The van der Waals surface area contributed by atoms with Crippen molar-refractivity contribution in [2.75, 3.05) is 24.5 Å². The van der Waals surface area contributed by atoms with Crippen LogP contribution in [0, 0.1) is 5.82 Å². The Bertz CT molecular complexity index is 397. The molecule has 1 saturated heterocycles. The van der Waals surface area contributed by atoms with Gasteiger partial charge in [0.15, 0.2) is 0 Å². The van der Waals surface area contributed by atoms with Crippen molar-refractivity contribution in [1.29, 1.82) is 0 Å². The summed E-state index contributed by atoms with van der Waals surface area (Å²) in [6.07, 6.45) is 1.40. The van der Waals surface area contributed by atoms with Crippen LogP contribution in [0.25, 0.3) is 0 Å². The van der Waals surface area contributed by atoms with Gasteiger partial charge in [-0.2, -0.15) is 0 Å². The third kappa shape index (κ3) is 3.21. The lowest BCUT2D eigenvalue weighted by Crippen LogP contribution is -2.38. The third-order valence-electron chi connectivity index (χ3n) is 3.33. The van der Waals surface area contributed by atoms with E-state index >= 15 is 0 Å². The van der Waals surface area contributed by atoms with Crippen LogP contribution in [-0.2, 0) is 6.54 Å². The average Bonchev–Trinajstić information content (AvgIpc) is 2.36. The smallest absolute Gasteiger partial charge is 0.146 e. The summed E-state index contributed by atoms with van der Waals surface area (Å²) in [6, 6.07) is 5.35. The van der Waals surface area contributed by atoms with Gasteiger partial charge >= 0.3 is 0 Å². The Hall–Kier alpha value is -1.13. The van der Waals surface area contributed by atoms with Gasteiger partial charge in [-0.05, 0) is 37.1 Å². The molecule has 1 fully saturated rings. The van der Waals surface area contributed by atoms with Crippen molar-refractivity contribution in [2.24, 2.45) is 0 Å². The molecule has 1 heterocycles. The number of benzene rings is 1. The van der Waals surface area contributed by atoms with Crippen LogP contribution in [0.4, 0.5) is 10.1 Å². The van der Waals surface area contributed by atoms with E-state index in [0.717, 1.165) is 31.5 Å². The molecule has 0 spiro atoms. The Morgan fingerprint density at radius 2 is 2.33 bits per heavy atom. The Morgan fingerprint density at radius 1 is 1.50 bits per heavy atom. The number of nitrogens with zero attached hydrogens (tertiary/aromatic N) is 1. The first-order valence-corrected chi connectivity index (χ1v) is 6.63. The topological polar surface area (TPSA) is 35.5 Å². The van der Waals surface area contributed by atoms with Gasteiger partial charge in [-0.25, -0.2) is 4.39 Å². The Labute approximate surface area is 108 Å². The third-order valence-corrected chi connectivity index (χ3v) is 3.33. The maximum absolute atomic E-state index is 14.0. The fourth-order valence-electron chi connectivity index (χ4n) is 2.36. The molecule has 0 bridgehead atoms. The monoisotopic (exact) mass is 252 g/mol. The second-order valence-corrected chi connectivity index (χ2v) is 4.81. The number of aliphatic hydroxyl groups excluding tert-OH is 1. The molecule has 1 unspecified atom stereocenters. The molecule has 0 aliphatic carbocycles. The van der Waals surface area contributed by atoms with E-state index in [1.807, 2.05) is 24.0 Å². The molecule has 0 saturated carbocycles. The maximum Gasteiger partial charge on any atom is 0.146 e. The molecule has 1 aromatic carbocycles. The summed E-state index contributed by atoms with van der Waals surface area (Å²) in [5.41, 5.74) is 1.56. The fourth-order valence-corrected chi connectivity index (χ4v) is 2.36. The highest BCUT2D eigenvalue weighted by atomic mass is 19.1. The van der Waals surface area contributed by atoms with Gasteiger partial charge in [0.05, 0.1) is 11.8 Å². The van der Waals surface area contributed by atoms with Crippen molar-refractivity contribution in [2.45, 2.75) is 32.4 Å². The number of hydrogen-bond donors (Lipinski definition) is 2. The first-order chi connectivity index (χ1) is 8.70. The van der Waals surface area contributed by atoms with Gasteiger partial charge < -0.3 is 15.3 Å². The molecule has 18 heavy (non-hydrogen) atoms. The van der Waals surface area contributed by atoms with Crippen molar-refractivity contribution in [1.82, 2.24) is 5.32 Å². The van der Waals surface area contributed by atoms with Crippen LogP contribution in [-0.4, -0.2) is 30.8 Å². The predicted molar refractivity (Wildman–Crippen MR) is 71.2 cm³/mol. The zero-order valence-electron chi connectivity index (χ0n) is 10.8. The second kappa shape index (κ2) is 6.16. The molecular weight excluding hydrogens is 231 g/mol. The molecule has 3 nitrogen and oxygen atoms in total. The van der Waals surface area contributed by atoms with Crippen LogP contribution < -0.4 is 10.2 Å². The minimum absolute atomic E-state index is 0.195. The lowest BCUT2D eigenvalue weighted by molar-refractivity contribution is 0.154. The summed E-state index contributed by atoms with van der Waals surface area (Å²) in [7, 11) is 0. The SMILES string of the molecule is CCNCc1ccc(N2CCCC(O)C2)c(F)c1. The van der Waals surface area contributed by atoms with Crippen LogP contribution in [0.15, 0.2) is 18.2 Å². The predicted octanol–water partition coefficient (Wildman–Crippen LogP) is 1.90. The minimum atomic E-state index is -0.334. The molecular formula is C14H21FN2O.